The molecule has 1 saturated heterocycles. The highest BCUT2D eigenvalue weighted by molar-refractivity contribution is 7.89. The quantitative estimate of drug-likeness (QED) is 0.806. The first-order valence-electron chi connectivity index (χ1n) is 7.97. The first kappa shape index (κ1) is 18.4. The van der Waals surface area contributed by atoms with E-state index in [0.29, 0.717) is 16.1 Å². The van der Waals surface area contributed by atoms with Crippen LogP contribution >= 0.6 is 11.6 Å². The van der Waals surface area contributed by atoms with E-state index >= 15 is 0 Å². The van der Waals surface area contributed by atoms with Crippen molar-refractivity contribution in [2.24, 2.45) is 0 Å². The highest BCUT2D eigenvalue weighted by atomic mass is 35.5. The molecule has 1 heterocycles. The second kappa shape index (κ2) is 7.46. The van der Waals surface area contributed by atoms with Gasteiger partial charge >= 0.3 is 0 Å². The van der Waals surface area contributed by atoms with Crippen molar-refractivity contribution in [1.82, 2.24) is 9.21 Å². The van der Waals surface area contributed by atoms with Crippen LogP contribution in [0.15, 0.2) is 53.4 Å². The number of sulfonamides is 1. The van der Waals surface area contributed by atoms with Crippen LogP contribution in [0.5, 0.6) is 0 Å². The van der Waals surface area contributed by atoms with E-state index in [0.717, 1.165) is 0 Å². The van der Waals surface area contributed by atoms with Crippen molar-refractivity contribution in [3.05, 3.63) is 64.7 Å². The number of rotatable bonds is 3. The van der Waals surface area contributed by atoms with Crippen molar-refractivity contribution in [1.29, 1.82) is 5.26 Å². The smallest absolute Gasteiger partial charge is 0.253 e. The zero-order chi connectivity index (χ0) is 18.7. The summed E-state index contributed by atoms with van der Waals surface area (Å²) >= 11 is 5.89. The molecule has 0 saturated carbocycles. The molecule has 1 aliphatic heterocycles. The summed E-state index contributed by atoms with van der Waals surface area (Å²) in [5.74, 6) is -0.207. The van der Waals surface area contributed by atoms with Crippen molar-refractivity contribution in [2.75, 3.05) is 26.2 Å². The van der Waals surface area contributed by atoms with Crippen molar-refractivity contribution < 1.29 is 13.2 Å². The highest BCUT2D eigenvalue weighted by Gasteiger charge is 2.30. The lowest BCUT2D eigenvalue weighted by Gasteiger charge is -2.34. The maximum atomic E-state index is 12.7. The van der Waals surface area contributed by atoms with Gasteiger partial charge in [-0.25, -0.2) is 8.42 Å². The Morgan fingerprint density at radius 2 is 1.73 bits per heavy atom. The maximum absolute atomic E-state index is 12.7. The normalized spacial score (nSPS) is 15.5. The van der Waals surface area contributed by atoms with Crippen LogP contribution in [-0.4, -0.2) is 49.7 Å². The van der Waals surface area contributed by atoms with Gasteiger partial charge in [-0.1, -0.05) is 23.7 Å². The van der Waals surface area contributed by atoms with Gasteiger partial charge in [0.15, 0.2) is 0 Å². The lowest BCUT2D eigenvalue weighted by molar-refractivity contribution is 0.0698. The Balaban J connectivity index is 1.71. The van der Waals surface area contributed by atoms with Crippen molar-refractivity contribution in [3.8, 4) is 6.07 Å². The standard InChI is InChI=1S/C18H16ClN3O3S/c19-16-5-2-6-17(12-16)26(24,25)22-9-7-21(8-10-22)18(23)15-4-1-3-14(11-15)13-20/h1-6,11-12H,7-10H2. The summed E-state index contributed by atoms with van der Waals surface area (Å²) in [5.41, 5.74) is 0.841. The number of carbonyl (C=O) groups excluding carboxylic acids is 1. The summed E-state index contributed by atoms with van der Waals surface area (Å²) in [6, 6.07) is 14.6. The molecule has 0 atom stereocenters. The summed E-state index contributed by atoms with van der Waals surface area (Å²) < 4.78 is 26.7. The number of carbonyl (C=O) groups is 1. The van der Waals surface area contributed by atoms with E-state index in [2.05, 4.69) is 0 Å². The summed E-state index contributed by atoms with van der Waals surface area (Å²) in [6.07, 6.45) is 0. The molecule has 0 N–H and O–H groups in total. The Morgan fingerprint density at radius 1 is 1.04 bits per heavy atom. The molecule has 134 valence electrons. The van der Waals surface area contributed by atoms with E-state index in [1.165, 1.54) is 22.5 Å². The molecule has 6 nitrogen and oxygen atoms in total. The lowest BCUT2D eigenvalue weighted by atomic mass is 10.1. The molecule has 0 aliphatic carbocycles. The van der Waals surface area contributed by atoms with Gasteiger partial charge in [-0.3, -0.25) is 4.79 Å². The minimum atomic E-state index is -3.64. The average molecular weight is 390 g/mol. The van der Waals surface area contributed by atoms with Crippen LogP contribution in [0.1, 0.15) is 15.9 Å². The SMILES string of the molecule is N#Cc1cccc(C(=O)N2CCN(S(=O)(=O)c3cccc(Cl)c3)CC2)c1. The molecular formula is C18H16ClN3O3S. The van der Waals surface area contributed by atoms with Gasteiger partial charge < -0.3 is 4.90 Å². The third-order valence-corrected chi connectivity index (χ3v) is 6.33. The zero-order valence-corrected chi connectivity index (χ0v) is 15.4. The Kier molecular flexibility index (Phi) is 5.28. The molecular weight excluding hydrogens is 374 g/mol. The molecule has 1 aliphatic rings. The monoisotopic (exact) mass is 389 g/mol. The second-order valence-corrected chi connectivity index (χ2v) is 8.22. The first-order valence-corrected chi connectivity index (χ1v) is 9.79. The van der Waals surface area contributed by atoms with E-state index in [1.807, 2.05) is 6.07 Å². The molecule has 26 heavy (non-hydrogen) atoms. The van der Waals surface area contributed by atoms with Crippen LogP contribution in [0.3, 0.4) is 0 Å². The fourth-order valence-electron chi connectivity index (χ4n) is 2.81. The Hall–Kier alpha value is -2.40. The molecule has 0 radical (unpaired) electrons. The summed E-state index contributed by atoms with van der Waals surface area (Å²) in [7, 11) is -3.64. The van der Waals surface area contributed by atoms with Gasteiger partial charge in [0.05, 0.1) is 16.5 Å². The summed E-state index contributed by atoms with van der Waals surface area (Å²) in [5, 5.41) is 9.31. The molecule has 1 amide bonds. The van der Waals surface area contributed by atoms with Crippen molar-refractivity contribution in [3.63, 3.8) is 0 Å². The number of piperazine rings is 1. The molecule has 3 rings (SSSR count). The number of halogens is 1. The molecule has 2 aromatic rings. The van der Waals surface area contributed by atoms with Crippen LogP contribution in [0.25, 0.3) is 0 Å². The molecule has 1 fully saturated rings. The number of nitriles is 1. The fraction of sp³-hybridized carbons (Fsp3) is 0.222. The number of amides is 1. The van der Waals surface area contributed by atoms with E-state index in [1.54, 1.807) is 35.2 Å². The number of hydrogen-bond acceptors (Lipinski definition) is 4. The minimum Gasteiger partial charge on any atom is -0.336 e. The van der Waals surface area contributed by atoms with E-state index < -0.39 is 10.0 Å². The van der Waals surface area contributed by atoms with Gasteiger partial charge in [-0.15, -0.1) is 0 Å². The highest BCUT2D eigenvalue weighted by Crippen LogP contribution is 2.21. The van der Waals surface area contributed by atoms with Gasteiger partial charge in [0.2, 0.25) is 10.0 Å². The number of hydrogen-bond donors (Lipinski definition) is 0. The van der Waals surface area contributed by atoms with Crippen LogP contribution in [0, 0.1) is 11.3 Å². The predicted octanol–water partition coefficient (Wildman–Crippen LogP) is 2.36. The molecule has 2 aromatic carbocycles. The van der Waals surface area contributed by atoms with Crippen LogP contribution < -0.4 is 0 Å². The van der Waals surface area contributed by atoms with E-state index in [9.17, 15) is 13.2 Å². The van der Waals surface area contributed by atoms with Crippen molar-refractivity contribution in [2.45, 2.75) is 4.90 Å². The third-order valence-electron chi connectivity index (χ3n) is 4.20. The van der Waals surface area contributed by atoms with Crippen molar-refractivity contribution >= 4 is 27.5 Å². The number of benzene rings is 2. The van der Waals surface area contributed by atoms with Gasteiger partial charge in [0.25, 0.3) is 5.91 Å². The topological polar surface area (TPSA) is 81.5 Å². The molecule has 0 aromatic heterocycles. The average Bonchev–Trinajstić information content (AvgIpc) is 2.67. The largest absolute Gasteiger partial charge is 0.336 e. The Bertz CT molecular complexity index is 977. The van der Waals surface area contributed by atoms with Crippen LogP contribution in [0.2, 0.25) is 5.02 Å². The van der Waals surface area contributed by atoms with Gasteiger partial charge in [-0.2, -0.15) is 9.57 Å². The minimum absolute atomic E-state index is 0.145. The van der Waals surface area contributed by atoms with Gasteiger partial charge in [0.1, 0.15) is 0 Å². The van der Waals surface area contributed by atoms with Crippen LogP contribution in [-0.2, 0) is 10.0 Å². The lowest BCUT2D eigenvalue weighted by Crippen LogP contribution is -2.50. The summed E-state index contributed by atoms with van der Waals surface area (Å²) in [6.45, 7) is 0.988. The van der Waals surface area contributed by atoms with Gasteiger partial charge in [-0.05, 0) is 36.4 Å². The third kappa shape index (κ3) is 3.73. The molecule has 0 unspecified atom stereocenters. The number of nitrogens with zero attached hydrogens (tertiary/aromatic N) is 3. The van der Waals surface area contributed by atoms with E-state index in [4.69, 9.17) is 16.9 Å². The second-order valence-electron chi connectivity index (χ2n) is 5.85. The Morgan fingerprint density at radius 3 is 2.38 bits per heavy atom. The fourth-order valence-corrected chi connectivity index (χ4v) is 4.54. The summed E-state index contributed by atoms with van der Waals surface area (Å²) in [4.78, 5) is 14.3. The Labute approximate surface area is 157 Å². The molecule has 0 spiro atoms. The first-order chi connectivity index (χ1) is 12.4. The molecule has 8 heteroatoms. The zero-order valence-electron chi connectivity index (χ0n) is 13.8. The van der Waals surface area contributed by atoms with E-state index in [-0.39, 0.29) is 37.0 Å². The van der Waals surface area contributed by atoms with Gasteiger partial charge in [0, 0.05) is 36.8 Å². The maximum Gasteiger partial charge on any atom is 0.253 e. The molecule has 0 bridgehead atoms. The predicted molar refractivity (Wildman–Crippen MR) is 97.3 cm³/mol. The van der Waals surface area contributed by atoms with Crippen LogP contribution in [0.4, 0.5) is 0 Å².